The maximum Gasteiger partial charge on any atom is 0.150 e. The van der Waals surface area contributed by atoms with Crippen molar-refractivity contribution in [1.29, 1.82) is 0 Å². The van der Waals surface area contributed by atoms with E-state index < -0.39 is 0 Å². The Labute approximate surface area is 153 Å². The highest BCUT2D eigenvalue weighted by atomic mass is 16.5. The summed E-state index contributed by atoms with van der Waals surface area (Å²) < 4.78 is 10.4. The second-order valence-electron chi connectivity index (χ2n) is 5.71. The second kappa shape index (κ2) is 17.0. The predicted molar refractivity (Wildman–Crippen MR) is 105 cm³/mol. The molecule has 1 N–H and O–H groups in total. The minimum Gasteiger partial charge on any atom is -0.502 e. The summed E-state index contributed by atoms with van der Waals surface area (Å²) in [6, 6.07) is 5.54. The van der Waals surface area contributed by atoms with Crippen LogP contribution in [-0.2, 0) is 4.74 Å². The molecule has 1 aromatic rings. The average molecular weight is 353 g/mol. The van der Waals surface area contributed by atoms with E-state index in [9.17, 15) is 4.79 Å². The number of carbonyl (C=O) groups is 1. The Hall–Kier alpha value is -1.81. The topological polar surface area (TPSA) is 55.8 Å². The zero-order valence-electron chi connectivity index (χ0n) is 17.0. The summed E-state index contributed by atoms with van der Waals surface area (Å²) in [5.74, 6) is 2.56. The SMILES string of the molecule is C/C=C(\C)OC.CCC.CO.Cc1ccc(C=O)cc1OCC1CC1. The fourth-order valence-electron chi connectivity index (χ4n) is 1.46. The lowest BCUT2D eigenvalue weighted by molar-refractivity contribution is 0.112. The number of aryl methyl sites for hydroxylation is 1. The van der Waals surface area contributed by atoms with Crippen molar-refractivity contribution in [3.05, 3.63) is 41.2 Å². The zero-order valence-corrected chi connectivity index (χ0v) is 17.0. The van der Waals surface area contributed by atoms with Gasteiger partial charge in [0.1, 0.15) is 12.0 Å². The van der Waals surface area contributed by atoms with E-state index in [0.29, 0.717) is 5.56 Å². The molecule has 2 rings (SSSR count). The Morgan fingerprint density at radius 2 is 1.84 bits per heavy atom. The van der Waals surface area contributed by atoms with Gasteiger partial charge in [-0.2, -0.15) is 0 Å². The Morgan fingerprint density at radius 1 is 1.28 bits per heavy atom. The van der Waals surface area contributed by atoms with Crippen molar-refractivity contribution >= 4 is 6.29 Å². The number of allylic oxidation sites excluding steroid dienone is 2. The molecule has 4 nitrogen and oxygen atoms in total. The molecule has 144 valence electrons. The first-order valence-corrected chi connectivity index (χ1v) is 8.82. The van der Waals surface area contributed by atoms with E-state index in [-0.39, 0.29) is 0 Å². The van der Waals surface area contributed by atoms with Gasteiger partial charge in [-0.3, -0.25) is 4.79 Å². The molecule has 0 aromatic heterocycles. The van der Waals surface area contributed by atoms with Crippen LogP contribution in [-0.4, -0.2) is 32.2 Å². The fraction of sp³-hybridized carbons (Fsp3) is 0.571. The van der Waals surface area contributed by atoms with Crippen LogP contribution in [0.1, 0.15) is 62.9 Å². The lowest BCUT2D eigenvalue weighted by Crippen LogP contribution is -2.00. The summed E-state index contributed by atoms with van der Waals surface area (Å²) in [4.78, 5) is 10.6. The Bertz CT molecular complexity index is 477. The number of hydrogen-bond donors (Lipinski definition) is 1. The molecule has 0 spiro atoms. The summed E-state index contributed by atoms with van der Waals surface area (Å²) in [6.07, 6.45) is 6.59. The number of aliphatic hydroxyl groups is 1. The van der Waals surface area contributed by atoms with E-state index in [1.165, 1.54) is 19.3 Å². The molecular formula is C21H36O4. The van der Waals surface area contributed by atoms with Gasteiger partial charge < -0.3 is 14.6 Å². The third-order valence-corrected chi connectivity index (χ3v) is 3.25. The molecule has 0 saturated heterocycles. The average Bonchev–Trinajstić information content (AvgIpc) is 3.47. The van der Waals surface area contributed by atoms with Crippen molar-refractivity contribution in [1.82, 2.24) is 0 Å². The van der Waals surface area contributed by atoms with Crippen LogP contribution in [0.5, 0.6) is 5.75 Å². The van der Waals surface area contributed by atoms with Crippen LogP contribution in [0.2, 0.25) is 0 Å². The van der Waals surface area contributed by atoms with Crippen molar-refractivity contribution in [2.45, 2.75) is 53.9 Å². The standard InChI is InChI=1S/C12H14O2.C5H10O.C3H8.CH4O/c1-9-2-3-11(7-13)6-12(9)14-8-10-4-5-10;1-4-5(2)6-3;1-3-2;1-2/h2-3,6-7,10H,4-5,8H2,1H3;4H,1-3H3;3H2,1-2H3;2H,1H3/b;5-4+;;. The summed E-state index contributed by atoms with van der Waals surface area (Å²) in [5, 5.41) is 7.00. The van der Waals surface area contributed by atoms with Gasteiger partial charge in [0.2, 0.25) is 0 Å². The Kier molecular flexibility index (Phi) is 17.3. The molecule has 0 aliphatic heterocycles. The number of aldehydes is 1. The maximum absolute atomic E-state index is 10.6. The van der Waals surface area contributed by atoms with Gasteiger partial charge >= 0.3 is 0 Å². The minimum atomic E-state index is 0.682. The Morgan fingerprint density at radius 3 is 2.20 bits per heavy atom. The van der Waals surface area contributed by atoms with Crippen LogP contribution in [0.3, 0.4) is 0 Å². The zero-order chi connectivity index (χ0) is 19.7. The first kappa shape index (κ1) is 25.4. The third kappa shape index (κ3) is 14.3. The number of methoxy groups -OCH3 is 1. The summed E-state index contributed by atoms with van der Waals surface area (Å²) in [6.45, 7) is 10.9. The molecule has 0 bridgehead atoms. The molecule has 0 amide bonds. The number of ether oxygens (including phenoxy) is 2. The smallest absolute Gasteiger partial charge is 0.150 e. The van der Waals surface area contributed by atoms with Gasteiger partial charge in [0, 0.05) is 12.7 Å². The van der Waals surface area contributed by atoms with Crippen LogP contribution in [0.4, 0.5) is 0 Å². The quantitative estimate of drug-likeness (QED) is 0.586. The van der Waals surface area contributed by atoms with E-state index >= 15 is 0 Å². The third-order valence-electron chi connectivity index (χ3n) is 3.25. The second-order valence-corrected chi connectivity index (χ2v) is 5.71. The molecule has 4 heteroatoms. The number of carbonyl (C=O) groups excluding carboxylic acids is 1. The maximum atomic E-state index is 10.6. The highest BCUT2D eigenvalue weighted by Crippen LogP contribution is 2.30. The van der Waals surface area contributed by atoms with Gasteiger partial charge in [-0.1, -0.05) is 38.5 Å². The first-order valence-electron chi connectivity index (χ1n) is 8.82. The van der Waals surface area contributed by atoms with E-state index in [1.54, 1.807) is 7.11 Å². The van der Waals surface area contributed by atoms with E-state index in [1.807, 2.05) is 45.0 Å². The number of aliphatic hydroxyl groups excluding tert-OH is 1. The number of hydrogen-bond acceptors (Lipinski definition) is 4. The lowest BCUT2D eigenvalue weighted by Gasteiger charge is -2.08. The number of benzene rings is 1. The van der Waals surface area contributed by atoms with Crippen LogP contribution in [0, 0.1) is 12.8 Å². The van der Waals surface area contributed by atoms with Crippen LogP contribution >= 0.6 is 0 Å². The molecular weight excluding hydrogens is 316 g/mol. The fourth-order valence-corrected chi connectivity index (χ4v) is 1.46. The molecule has 1 aromatic carbocycles. The molecule has 0 radical (unpaired) electrons. The van der Waals surface area contributed by atoms with Gasteiger partial charge in [0.25, 0.3) is 0 Å². The minimum absolute atomic E-state index is 0.682. The molecule has 1 aliphatic carbocycles. The molecule has 25 heavy (non-hydrogen) atoms. The highest BCUT2D eigenvalue weighted by Gasteiger charge is 2.22. The highest BCUT2D eigenvalue weighted by molar-refractivity contribution is 5.75. The number of rotatable bonds is 5. The molecule has 1 aliphatic rings. The van der Waals surface area contributed by atoms with Crippen molar-refractivity contribution in [2.75, 3.05) is 20.8 Å². The lowest BCUT2D eigenvalue weighted by atomic mass is 10.1. The Balaban J connectivity index is 0. The van der Waals surface area contributed by atoms with Gasteiger partial charge in [-0.05, 0) is 51.2 Å². The van der Waals surface area contributed by atoms with Crippen molar-refractivity contribution in [3.63, 3.8) is 0 Å². The normalized spacial score (nSPS) is 12.2. The van der Waals surface area contributed by atoms with E-state index in [4.69, 9.17) is 14.6 Å². The molecule has 1 fully saturated rings. The van der Waals surface area contributed by atoms with Crippen LogP contribution < -0.4 is 4.74 Å². The van der Waals surface area contributed by atoms with Gasteiger partial charge in [-0.25, -0.2) is 0 Å². The van der Waals surface area contributed by atoms with Gasteiger partial charge in [0.05, 0.1) is 19.5 Å². The molecule has 1 saturated carbocycles. The van der Waals surface area contributed by atoms with Crippen LogP contribution in [0.15, 0.2) is 30.0 Å². The van der Waals surface area contributed by atoms with Crippen molar-refractivity contribution < 1.29 is 19.4 Å². The molecule has 0 atom stereocenters. The van der Waals surface area contributed by atoms with Gasteiger partial charge in [-0.15, -0.1) is 0 Å². The van der Waals surface area contributed by atoms with Gasteiger partial charge in [0.15, 0.2) is 0 Å². The predicted octanol–water partition coefficient (Wildman–Crippen LogP) is 5.18. The first-order chi connectivity index (χ1) is 12.0. The summed E-state index contributed by atoms with van der Waals surface area (Å²) in [5.41, 5.74) is 1.78. The van der Waals surface area contributed by atoms with Crippen LogP contribution in [0.25, 0.3) is 0 Å². The monoisotopic (exact) mass is 352 g/mol. The molecule has 0 unspecified atom stereocenters. The van der Waals surface area contributed by atoms with Crippen molar-refractivity contribution in [3.8, 4) is 5.75 Å². The summed E-state index contributed by atoms with van der Waals surface area (Å²) in [7, 11) is 2.66. The molecule has 0 heterocycles. The summed E-state index contributed by atoms with van der Waals surface area (Å²) >= 11 is 0. The van der Waals surface area contributed by atoms with E-state index in [0.717, 1.165) is 43.0 Å². The largest absolute Gasteiger partial charge is 0.502 e. The van der Waals surface area contributed by atoms with Crippen molar-refractivity contribution in [2.24, 2.45) is 5.92 Å². The van der Waals surface area contributed by atoms with E-state index in [2.05, 4.69) is 13.8 Å².